The third-order valence-electron chi connectivity index (χ3n) is 4.26. The molecule has 0 fully saturated rings. The number of aryl methyl sites for hydroxylation is 4. The van der Waals surface area contributed by atoms with Crippen molar-refractivity contribution in [2.75, 3.05) is 13.6 Å². The van der Waals surface area contributed by atoms with Gasteiger partial charge in [-0.15, -0.1) is 11.3 Å². The molecule has 3 rings (SSSR count). The van der Waals surface area contributed by atoms with Gasteiger partial charge in [0.15, 0.2) is 0 Å². The lowest BCUT2D eigenvalue weighted by molar-refractivity contribution is 0.205. The number of amides is 2. The number of hydrogen-bond donors (Lipinski definition) is 1. The van der Waals surface area contributed by atoms with Crippen LogP contribution in [-0.2, 0) is 32.9 Å². The van der Waals surface area contributed by atoms with Gasteiger partial charge in [-0.25, -0.2) is 14.8 Å². The van der Waals surface area contributed by atoms with Crippen molar-refractivity contribution < 1.29 is 4.79 Å². The molecule has 2 amide bonds. The number of urea groups is 1. The van der Waals surface area contributed by atoms with Gasteiger partial charge in [-0.05, 0) is 32.1 Å². The number of carbonyl (C=O) groups excluding carboxylic acids is 1. The topological polar surface area (TPSA) is 75.9 Å². The Kier molecular flexibility index (Phi) is 5.44. The zero-order chi connectivity index (χ0) is 16.9. The smallest absolute Gasteiger partial charge is 0.317 e. The first-order valence-corrected chi connectivity index (χ1v) is 9.24. The molecule has 0 saturated heterocycles. The van der Waals surface area contributed by atoms with Crippen LogP contribution in [0, 0.1) is 0 Å². The van der Waals surface area contributed by atoms with Gasteiger partial charge in [-0.1, -0.05) is 0 Å². The summed E-state index contributed by atoms with van der Waals surface area (Å²) in [5.41, 5.74) is 1.31. The van der Waals surface area contributed by atoms with E-state index < -0.39 is 0 Å². The Labute approximate surface area is 146 Å². The molecule has 0 spiro atoms. The molecule has 7 nitrogen and oxygen atoms in total. The van der Waals surface area contributed by atoms with Crippen LogP contribution in [-0.4, -0.2) is 44.3 Å². The Bertz CT molecular complexity index is 671. The highest BCUT2D eigenvalue weighted by Crippen LogP contribution is 2.27. The van der Waals surface area contributed by atoms with E-state index in [4.69, 9.17) is 4.98 Å². The first-order chi connectivity index (χ1) is 11.6. The summed E-state index contributed by atoms with van der Waals surface area (Å²) in [5.74, 6) is 0.765. The lowest BCUT2D eigenvalue weighted by Gasteiger charge is -2.17. The van der Waals surface area contributed by atoms with E-state index in [1.807, 2.05) is 18.4 Å². The zero-order valence-corrected chi connectivity index (χ0v) is 15.1. The van der Waals surface area contributed by atoms with E-state index in [9.17, 15) is 4.79 Å². The number of rotatable bonds is 6. The number of nitrogens with zero attached hydrogens (tertiary/aromatic N) is 5. The molecule has 0 bridgehead atoms. The summed E-state index contributed by atoms with van der Waals surface area (Å²) >= 11 is 1.85. The molecule has 1 aliphatic rings. The minimum atomic E-state index is -0.0866. The molecular weight excluding hydrogens is 324 g/mol. The molecule has 0 saturated carbocycles. The average Bonchev–Trinajstić information content (AvgIpc) is 3.17. The van der Waals surface area contributed by atoms with Gasteiger partial charge >= 0.3 is 6.03 Å². The standard InChI is InChI=1S/C16H24N6OS/c1-21(10-14-18-11-19-22(14)2)16(23)17-9-5-8-15-20-12-6-3-4-7-13(12)24-15/h11H,3-10H2,1-2H3,(H,17,23). The second-order valence-electron chi connectivity index (χ2n) is 6.18. The van der Waals surface area contributed by atoms with Gasteiger partial charge in [0, 0.05) is 31.9 Å². The van der Waals surface area contributed by atoms with Crippen molar-refractivity contribution in [3.05, 3.63) is 27.7 Å². The van der Waals surface area contributed by atoms with Crippen LogP contribution in [0.3, 0.4) is 0 Å². The normalized spacial score (nSPS) is 13.6. The van der Waals surface area contributed by atoms with E-state index in [-0.39, 0.29) is 6.03 Å². The predicted molar refractivity (Wildman–Crippen MR) is 92.9 cm³/mol. The number of carbonyl (C=O) groups is 1. The van der Waals surface area contributed by atoms with Gasteiger partial charge in [0.1, 0.15) is 12.2 Å². The van der Waals surface area contributed by atoms with Gasteiger partial charge in [0.05, 0.1) is 17.2 Å². The highest BCUT2D eigenvalue weighted by molar-refractivity contribution is 7.11. The van der Waals surface area contributed by atoms with Crippen molar-refractivity contribution >= 4 is 17.4 Å². The molecule has 2 heterocycles. The molecule has 0 radical (unpaired) electrons. The molecule has 0 unspecified atom stereocenters. The molecule has 2 aromatic rings. The predicted octanol–water partition coefficient (Wildman–Crippen LogP) is 1.92. The number of aromatic nitrogens is 4. The van der Waals surface area contributed by atoms with Crippen LogP contribution < -0.4 is 5.32 Å². The molecule has 2 aromatic heterocycles. The summed E-state index contributed by atoms with van der Waals surface area (Å²) in [4.78, 5) is 24.1. The van der Waals surface area contributed by atoms with Gasteiger partial charge in [0.2, 0.25) is 0 Å². The maximum atomic E-state index is 12.1. The Balaban J connectivity index is 1.39. The average molecular weight is 348 g/mol. The monoisotopic (exact) mass is 348 g/mol. The van der Waals surface area contributed by atoms with E-state index in [0.717, 1.165) is 25.1 Å². The van der Waals surface area contributed by atoms with Crippen LogP contribution in [0.5, 0.6) is 0 Å². The number of hydrogen-bond acceptors (Lipinski definition) is 5. The lowest BCUT2D eigenvalue weighted by Crippen LogP contribution is -2.37. The van der Waals surface area contributed by atoms with Crippen LogP contribution in [0.25, 0.3) is 0 Å². The van der Waals surface area contributed by atoms with Gasteiger partial charge in [-0.3, -0.25) is 4.68 Å². The molecule has 0 aromatic carbocycles. The zero-order valence-electron chi connectivity index (χ0n) is 14.3. The first-order valence-electron chi connectivity index (χ1n) is 8.43. The molecule has 130 valence electrons. The van der Waals surface area contributed by atoms with Crippen LogP contribution >= 0.6 is 11.3 Å². The lowest BCUT2D eigenvalue weighted by atomic mass is 10.0. The van der Waals surface area contributed by atoms with Crippen molar-refractivity contribution in [2.45, 2.75) is 45.1 Å². The maximum Gasteiger partial charge on any atom is 0.317 e. The fourth-order valence-corrected chi connectivity index (χ4v) is 4.03. The van der Waals surface area contributed by atoms with Gasteiger partial charge in [-0.2, -0.15) is 5.10 Å². The second-order valence-corrected chi connectivity index (χ2v) is 7.34. The van der Waals surface area contributed by atoms with E-state index >= 15 is 0 Å². The van der Waals surface area contributed by atoms with Crippen LogP contribution in [0.2, 0.25) is 0 Å². The van der Waals surface area contributed by atoms with E-state index in [1.54, 1.807) is 16.6 Å². The van der Waals surface area contributed by atoms with Crippen molar-refractivity contribution in [1.29, 1.82) is 0 Å². The number of nitrogens with one attached hydrogen (secondary N) is 1. The summed E-state index contributed by atoms with van der Waals surface area (Å²) in [6.45, 7) is 1.10. The maximum absolute atomic E-state index is 12.1. The van der Waals surface area contributed by atoms with Crippen molar-refractivity contribution in [2.24, 2.45) is 7.05 Å². The summed E-state index contributed by atoms with van der Waals surface area (Å²) in [6.07, 6.45) is 8.23. The fraction of sp³-hybridized carbons (Fsp3) is 0.625. The quantitative estimate of drug-likeness (QED) is 0.809. The van der Waals surface area contributed by atoms with Crippen molar-refractivity contribution in [3.63, 3.8) is 0 Å². The Morgan fingerprint density at radius 1 is 1.42 bits per heavy atom. The van der Waals surface area contributed by atoms with Crippen LogP contribution in [0.1, 0.15) is 40.7 Å². The highest BCUT2D eigenvalue weighted by atomic mass is 32.1. The van der Waals surface area contributed by atoms with E-state index in [2.05, 4.69) is 15.4 Å². The Hall–Kier alpha value is -1.96. The second kappa shape index (κ2) is 7.74. The summed E-state index contributed by atoms with van der Waals surface area (Å²) < 4.78 is 1.67. The molecule has 1 aliphatic carbocycles. The minimum Gasteiger partial charge on any atom is -0.338 e. The third kappa shape index (κ3) is 4.11. The van der Waals surface area contributed by atoms with Gasteiger partial charge < -0.3 is 10.2 Å². The largest absolute Gasteiger partial charge is 0.338 e. The van der Waals surface area contributed by atoms with Gasteiger partial charge in [0.25, 0.3) is 0 Å². The molecule has 1 N–H and O–H groups in total. The molecule has 8 heteroatoms. The van der Waals surface area contributed by atoms with Crippen LogP contribution in [0.15, 0.2) is 6.33 Å². The third-order valence-corrected chi connectivity index (χ3v) is 5.48. The van der Waals surface area contributed by atoms with Crippen molar-refractivity contribution in [1.82, 2.24) is 30.0 Å². The summed E-state index contributed by atoms with van der Waals surface area (Å²) in [5, 5.41) is 8.17. The molecular formula is C16H24N6OS. The fourth-order valence-electron chi connectivity index (χ4n) is 2.83. The highest BCUT2D eigenvalue weighted by Gasteiger charge is 2.15. The Morgan fingerprint density at radius 2 is 2.25 bits per heavy atom. The number of fused-ring (bicyclic) bond motifs is 1. The van der Waals surface area contributed by atoms with E-state index in [1.165, 1.54) is 41.2 Å². The number of thiazole rings is 1. The van der Waals surface area contributed by atoms with Crippen LogP contribution in [0.4, 0.5) is 4.79 Å². The Morgan fingerprint density at radius 3 is 3.00 bits per heavy atom. The minimum absolute atomic E-state index is 0.0866. The first kappa shape index (κ1) is 16.9. The van der Waals surface area contributed by atoms with Crippen molar-refractivity contribution in [3.8, 4) is 0 Å². The SMILES string of the molecule is CN(Cc1ncnn1C)C(=O)NCCCc1nc2c(s1)CCCC2. The molecule has 0 aliphatic heterocycles. The summed E-state index contributed by atoms with van der Waals surface area (Å²) in [7, 11) is 3.58. The summed E-state index contributed by atoms with van der Waals surface area (Å²) in [6, 6.07) is -0.0866. The molecule has 0 atom stereocenters. The van der Waals surface area contributed by atoms with E-state index in [0.29, 0.717) is 13.1 Å². The molecule has 24 heavy (non-hydrogen) atoms.